The van der Waals surface area contributed by atoms with Gasteiger partial charge < -0.3 is 0 Å². The number of hydrogen-bond donors (Lipinski definition) is 0. The van der Waals surface area contributed by atoms with Crippen molar-refractivity contribution >= 4 is 50.1 Å². The van der Waals surface area contributed by atoms with Crippen molar-refractivity contribution in [3.05, 3.63) is 97.4 Å². The molecular weight excluding hydrogens is 476 g/mol. The minimum Gasteiger partial charge on any atom is -0.290 e. The van der Waals surface area contributed by atoms with Crippen LogP contribution in [0, 0.1) is 0 Å². The number of aromatic nitrogens is 10. The number of rotatable bonds is 3. The van der Waals surface area contributed by atoms with Crippen LogP contribution >= 0.6 is 0 Å². The number of pyridine rings is 2. The molecule has 1 atom stereocenters. The van der Waals surface area contributed by atoms with Gasteiger partial charge in [-0.2, -0.15) is 0 Å². The van der Waals surface area contributed by atoms with E-state index in [1.165, 1.54) is 18.2 Å². The highest BCUT2D eigenvalue weighted by Crippen LogP contribution is 2.34. The summed E-state index contributed by atoms with van der Waals surface area (Å²) in [4.78, 5) is 17.9. The third kappa shape index (κ3) is 3.00. The molecule has 0 fully saturated rings. The highest BCUT2D eigenvalue weighted by atomic mass is 15.2. The van der Waals surface area contributed by atoms with Gasteiger partial charge >= 0.3 is 0 Å². The van der Waals surface area contributed by atoms with Crippen molar-refractivity contribution in [1.82, 2.24) is 49.5 Å². The fourth-order valence-corrected chi connectivity index (χ4v) is 5.34. The molecule has 38 heavy (non-hydrogen) atoms. The molecule has 0 saturated heterocycles. The van der Waals surface area contributed by atoms with Crippen LogP contribution in [0.25, 0.3) is 55.8 Å². The number of nitrogens with zero attached hydrogens (tertiary/aromatic N) is 10. The summed E-state index contributed by atoms with van der Waals surface area (Å²) in [7, 11) is 0. The van der Waals surface area contributed by atoms with Crippen LogP contribution in [0.15, 0.2) is 91.8 Å². The summed E-state index contributed by atoms with van der Waals surface area (Å²) < 4.78 is 4.14. The number of benzene rings is 1. The van der Waals surface area contributed by atoms with Crippen molar-refractivity contribution in [1.29, 1.82) is 0 Å². The SMILES string of the molecule is C1=CC(c2ccc(-n3c4cccnc4c4ncnnc43)cc2)CC=C1n1c2cccnc2c2ncnnc21. The second-order valence-corrected chi connectivity index (χ2v) is 9.10. The van der Waals surface area contributed by atoms with Crippen molar-refractivity contribution in [3.8, 4) is 5.69 Å². The fraction of sp³-hybridized carbons (Fsp3) is 0.0714. The minimum atomic E-state index is 0.254. The molecule has 1 aliphatic carbocycles. The molecular formula is C28H18N10. The molecule has 6 heterocycles. The van der Waals surface area contributed by atoms with Crippen molar-refractivity contribution in [2.75, 3.05) is 0 Å². The molecule has 0 saturated carbocycles. The zero-order valence-electron chi connectivity index (χ0n) is 19.9. The molecule has 10 heteroatoms. The molecule has 0 radical (unpaired) electrons. The Kier molecular flexibility index (Phi) is 4.41. The standard InChI is InChI=1S/C28H18N10/c1-3-21-23(29-13-1)25-27(35-33-15-31-25)37(21)19-9-5-17(6-10-19)18-7-11-20(12-8-18)38-22-4-2-14-30-24(22)26-28(38)36-34-16-32-26/h1-7,9-16,18H,8H2. The van der Waals surface area contributed by atoms with Gasteiger partial charge in [-0.15, -0.1) is 20.4 Å². The van der Waals surface area contributed by atoms with Gasteiger partial charge in [-0.25, -0.2) is 9.97 Å². The summed E-state index contributed by atoms with van der Waals surface area (Å²) >= 11 is 0. The summed E-state index contributed by atoms with van der Waals surface area (Å²) in [6.45, 7) is 0. The number of fused-ring (bicyclic) bond motifs is 6. The quantitative estimate of drug-likeness (QED) is 0.349. The van der Waals surface area contributed by atoms with Gasteiger partial charge in [0.25, 0.3) is 0 Å². The summed E-state index contributed by atoms with van der Waals surface area (Å²) in [5.41, 5.74) is 9.71. The van der Waals surface area contributed by atoms with Gasteiger partial charge in [0.2, 0.25) is 0 Å². The number of allylic oxidation sites excluding steroid dienone is 4. The average molecular weight is 495 g/mol. The lowest BCUT2D eigenvalue weighted by molar-refractivity contribution is 0.848. The van der Waals surface area contributed by atoms with Crippen molar-refractivity contribution in [3.63, 3.8) is 0 Å². The van der Waals surface area contributed by atoms with E-state index in [2.05, 4.69) is 92.0 Å². The van der Waals surface area contributed by atoms with Gasteiger partial charge in [-0.05, 0) is 54.5 Å². The molecule has 0 amide bonds. The Morgan fingerprint density at radius 3 is 1.92 bits per heavy atom. The van der Waals surface area contributed by atoms with Crippen molar-refractivity contribution in [2.45, 2.75) is 12.3 Å². The van der Waals surface area contributed by atoms with E-state index in [9.17, 15) is 0 Å². The molecule has 0 N–H and O–H groups in total. The molecule has 0 bridgehead atoms. The molecule has 10 nitrogen and oxygen atoms in total. The Balaban J connectivity index is 1.14. The Hall–Kier alpha value is -5.38. The first-order valence-electron chi connectivity index (χ1n) is 12.2. The summed E-state index contributed by atoms with van der Waals surface area (Å²) in [5.74, 6) is 0.254. The number of hydrogen-bond acceptors (Lipinski definition) is 8. The first-order chi connectivity index (χ1) is 18.9. The van der Waals surface area contributed by atoms with Crippen molar-refractivity contribution in [2.24, 2.45) is 0 Å². The summed E-state index contributed by atoms with van der Waals surface area (Å²) in [6.07, 6.45) is 13.9. The van der Waals surface area contributed by atoms with Gasteiger partial charge in [0.05, 0.1) is 11.0 Å². The average Bonchev–Trinajstić information content (AvgIpc) is 3.51. The third-order valence-electron chi connectivity index (χ3n) is 7.05. The van der Waals surface area contributed by atoms with E-state index in [4.69, 9.17) is 0 Å². The topological polar surface area (TPSA) is 113 Å². The van der Waals surface area contributed by atoms with E-state index in [1.54, 1.807) is 12.4 Å². The van der Waals surface area contributed by atoms with Gasteiger partial charge in [0.15, 0.2) is 11.3 Å². The van der Waals surface area contributed by atoms with Crippen LogP contribution in [0.3, 0.4) is 0 Å². The highest BCUT2D eigenvalue weighted by molar-refractivity contribution is 6.04. The maximum atomic E-state index is 4.53. The molecule has 0 aliphatic heterocycles. The van der Waals surface area contributed by atoms with Gasteiger partial charge in [-0.3, -0.25) is 19.1 Å². The maximum absolute atomic E-state index is 4.53. The van der Waals surface area contributed by atoms with Crippen LogP contribution in [0.5, 0.6) is 0 Å². The molecule has 0 spiro atoms. The predicted molar refractivity (Wildman–Crippen MR) is 143 cm³/mol. The summed E-state index contributed by atoms with van der Waals surface area (Å²) in [6, 6.07) is 16.5. The monoisotopic (exact) mass is 494 g/mol. The summed E-state index contributed by atoms with van der Waals surface area (Å²) in [5, 5.41) is 16.7. The van der Waals surface area contributed by atoms with E-state index < -0.39 is 0 Å². The molecule has 180 valence electrons. The lowest BCUT2D eigenvalue weighted by atomic mass is 9.91. The van der Waals surface area contributed by atoms with Gasteiger partial charge in [0, 0.05) is 29.7 Å². The molecule has 1 aromatic carbocycles. The van der Waals surface area contributed by atoms with Crippen LogP contribution < -0.4 is 0 Å². The molecule has 6 aromatic heterocycles. The largest absolute Gasteiger partial charge is 0.290 e. The highest BCUT2D eigenvalue weighted by Gasteiger charge is 2.20. The second kappa shape index (κ2) is 8.07. The minimum absolute atomic E-state index is 0.254. The first kappa shape index (κ1) is 20.8. The third-order valence-corrected chi connectivity index (χ3v) is 7.05. The predicted octanol–water partition coefficient (Wildman–Crippen LogP) is 4.64. The van der Waals surface area contributed by atoms with E-state index >= 15 is 0 Å². The van der Waals surface area contributed by atoms with E-state index in [-0.39, 0.29) is 5.92 Å². The Labute approximate surface area is 215 Å². The zero-order chi connectivity index (χ0) is 25.1. The molecule has 1 aliphatic rings. The van der Waals surface area contributed by atoms with Gasteiger partial charge in [-0.1, -0.05) is 24.3 Å². The van der Waals surface area contributed by atoms with E-state index in [1.807, 2.05) is 24.3 Å². The van der Waals surface area contributed by atoms with Crippen LogP contribution in [-0.2, 0) is 0 Å². The lowest BCUT2D eigenvalue weighted by Gasteiger charge is -2.18. The molecule has 8 rings (SSSR count). The first-order valence-corrected chi connectivity index (χ1v) is 12.2. The fourth-order valence-electron chi connectivity index (χ4n) is 5.34. The maximum Gasteiger partial charge on any atom is 0.188 e. The Bertz CT molecular complexity index is 1960. The molecule has 7 aromatic rings. The van der Waals surface area contributed by atoms with Crippen LogP contribution in [0.2, 0.25) is 0 Å². The van der Waals surface area contributed by atoms with Crippen LogP contribution in [0.1, 0.15) is 17.9 Å². The Morgan fingerprint density at radius 1 is 0.658 bits per heavy atom. The zero-order valence-corrected chi connectivity index (χ0v) is 19.9. The van der Waals surface area contributed by atoms with Crippen LogP contribution in [0.4, 0.5) is 0 Å². The lowest BCUT2D eigenvalue weighted by Crippen LogP contribution is -2.04. The second-order valence-electron chi connectivity index (χ2n) is 9.10. The van der Waals surface area contributed by atoms with Crippen LogP contribution in [-0.4, -0.2) is 49.5 Å². The molecule has 1 unspecified atom stereocenters. The Morgan fingerprint density at radius 2 is 1.29 bits per heavy atom. The van der Waals surface area contributed by atoms with E-state index in [0.717, 1.165) is 50.9 Å². The normalized spacial score (nSPS) is 15.6. The van der Waals surface area contributed by atoms with Crippen molar-refractivity contribution < 1.29 is 0 Å². The smallest absolute Gasteiger partial charge is 0.188 e. The van der Waals surface area contributed by atoms with E-state index in [0.29, 0.717) is 11.3 Å². The van der Waals surface area contributed by atoms with Gasteiger partial charge in [0.1, 0.15) is 34.7 Å².